The van der Waals surface area contributed by atoms with Crippen molar-refractivity contribution in [1.82, 2.24) is 4.90 Å². The fraction of sp³-hybridized carbons (Fsp3) is 0.278. The minimum Gasteiger partial charge on any atom is -0.435 e. The molecule has 0 saturated heterocycles. The standard InChI is InChI=1S/C18H20F2N2O2.ClH/c1-22(12-13-6-9-15(10-7-13)24-18(19)20)17(23)11-8-14-4-2-3-5-16(14)21;/h2-7,9-10,18H,8,11-12,21H2,1H3;1H. The zero-order valence-electron chi connectivity index (χ0n) is 13.8. The number of carbonyl (C=O) groups is 1. The normalized spacial score (nSPS) is 10.2. The highest BCUT2D eigenvalue weighted by molar-refractivity contribution is 5.85. The summed E-state index contributed by atoms with van der Waals surface area (Å²) in [6.07, 6.45) is 0.939. The van der Waals surface area contributed by atoms with E-state index >= 15 is 0 Å². The number of rotatable bonds is 7. The number of para-hydroxylation sites is 1. The lowest BCUT2D eigenvalue weighted by atomic mass is 10.1. The first-order valence-corrected chi connectivity index (χ1v) is 7.57. The molecule has 1 amide bonds. The van der Waals surface area contributed by atoms with E-state index in [0.717, 1.165) is 11.1 Å². The molecule has 4 nitrogen and oxygen atoms in total. The SMILES string of the molecule is CN(Cc1ccc(OC(F)F)cc1)C(=O)CCc1ccccc1N.Cl. The van der Waals surface area contributed by atoms with Crippen LogP contribution in [-0.4, -0.2) is 24.5 Å². The van der Waals surface area contributed by atoms with E-state index in [-0.39, 0.29) is 24.1 Å². The van der Waals surface area contributed by atoms with E-state index in [1.54, 1.807) is 24.1 Å². The van der Waals surface area contributed by atoms with Gasteiger partial charge < -0.3 is 15.4 Å². The van der Waals surface area contributed by atoms with Crippen LogP contribution in [0.4, 0.5) is 14.5 Å². The van der Waals surface area contributed by atoms with Gasteiger partial charge in [-0.25, -0.2) is 0 Å². The molecule has 0 unspecified atom stereocenters. The Morgan fingerprint density at radius 1 is 1.16 bits per heavy atom. The molecule has 2 aromatic rings. The molecule has 0 radical (unpaired) electrons. The second-order valence-electron chi connectivity index (χ2n) is 5.47. The van der Waals surface area contributed by atoms with Crippen LogP contribution in [0.5, 0.6) is 5.75 Å². The number of hydrogen-bond acceptors (Lipinski definition) is 3. The van der Waals surface area contributed by atoms with Gasteiger partial charge in [-0.05, 0) is 35.7 Å². The van der Waals surface area contributed by atoms with Gasteiger partial charge in [-0.2, -0.15) is 8.78 Å². The summed E-state index contributed by atoms with van der Waals surface area (Å²) in [6.45, 7) is -2.44. The van der Waals surface area contributed by atoms with Crippen molar-refractivity contribution in [3.05, 3.63) is 59.7 Å². The van der Waals surface area contributed by atoms with Gasteiger partial charge in [0, 0.05) is 25.7 Å². The molecule has 0 aromatic heterocycles. The van der Waals surface area contributed by atoms with Crippen LogP contribution >= 0.6 is 12.4 Å². The Morgan fingerprint density at radius 3 is 2.40 bits per heavy atom. The average Bonchev–Trinajstić information content (AvgIpc) is 2.55. The molecule has 136 valence electrons. The second kappa shape index (κ2) is 9.84. The van der Waals surface area contributed by atoms with Crippen molar-refractivity contribution in [2.75, 3.05) is 12.8 Å². The number of nitrogen functional groups attached to an aromatic ring is 1. The van der Waals surface area contributed by atoms with Crippen molar-refractivity contribution < 1.29 is 18.3 Å². The lowest BCUT2D eigenvalue weighted by Crippen LogP contribution is -2.26. The van der Waals surface area contributed by atoms with Crippen molar-refractivity contribution in [2.24, 2.45) is 0 Å². The number of halogens is 3. The van der Waals surface area contributed by atoms with Crippen LogP contribution in [0.25, 0.3) is 0 Å². The summed E-state index contributed by atoms with van der Waals surface area (Å²) >= 11 is 0. The van der Waals surface area contributed by atoms with Gasteiger partial charge in [0.1, 0.15) is 5.75 Å². The van der Waals surface area contributed by atoms with E-state index in [1.807, 2.05) is 24.3 Å². The number of hydrogen-bond donors (Lipinski definition) is 1. The first kappa shape index (κ1) is 20.7. The van der Waals surface area contributed by atoms with E-state index in [9.17, 15) is 13.6 Å². The molecule has 7 heteroatoms. The third-order valence-corrected chi connectivity index (χ3v) is 3.66. The van der Waals surface area contributed by atoms with E-state index in [1.165, 1.54) is 12.1 Å². The van der Waals surface area contributed by atoms with Crippen molar-refractivity contribution in [3.63, 3.8) is 0 Å². The number of aryl methyl sites for hydroxylation is 1. The molecule has 0 aliphatic carbocycles. The average molecular weight is 371 g/mol. The highest BCUT2D eigenvalue weighted by Crippen LogP contribution is 2.17. The Balaban J connectivity index is 0.00000312. The maximum Gasteiger partial charge on any atom is 0.387 e. The lowest BCUT2D eigenvalue weighted by Gasteiger charge is -2.18. The van der Waals surface area contributed by atoms with Crippen LogP contribution in [0.1, 0.15) is 17.5 Å². The monoisotopic (exact) mass is 370 g/mol. The van der Waals surface area contributed by atoms with Crippen LogP contribution in [0, 0.1) is 0 Å². The molecule has 25 heavy (non-hydrogen) atoms. The fourth-order valence-electron chi connectivity index (χ4n) is 2.33. The molecule has 0 fully saturated rings. The second-order valence-corrected chi connectivity index (χ2v) is 5.47. The number of alkyl halides is 2. The predicted octanol–water partition coefficient (Wildman–Crippen LogP) is 3.88. The molecule has 0 heterocycles. The Hall–Kier alpha value is -2.34. The predicted molar refractivity (Wildman–Crippen MR) is 96.0 cm³/mol. The highest BCUT2D eigenvalue weighted by Gasteiger charge is 2.11. The Morgan fingerprint density at radius 2 is 1.80 bits per heavy atom. The number of benzene rings is 2. The van der Waals surface area contributed by atoms with Gasteiger partial charge in [0.05, 0.1) is 0 Å². The van der Waals surface area contributed by atoms with Crippen LogP contribution in [0.2, 0.25) is 0 Å². The zero-order chi connectivity index (χ0) is 17.5. The lowest BCUT2D eigenvalue weighted by molar-refractivity contribution is -0.130. The summed E-state index contributed by atoms with van der Waals surface area (Å²) in [4.78, 5) is 13.8. The van der Waals surface area contributed by atoms with Crippen LogP contribution in [0.15, 0.2) is 48.5 Å². The van der Waals surface area contributed by atoms with Gasteiger partial charge in [0.25, 0.3) is 0 Å². The minimum absolute atomic E-state index is 0. The Bertz CT molecular complexity index is 681. The molecule has 0 saturated carbocycles. The zero-order valence-corrected chi connectivity index (χ0v) is 14.6. The van der Waals surface area contributed by atoms with Crippen molar-refractivity contribution >= 4 is 24.0 Å². The van der Waals surface area contributed by atoms with Crippen LogP contribution in [0.3, 0.4) is 0 Å². The summed E-state index contributed by atoms with van der Waals surface area (Å²) in [5.74, 6) is 0.0912. The van der Waals surface area contributed by atoms with Gasteiger partial charge in [-0.3, -0.25) is 4.79 Å². The summed E-state index contributed by atoms with van der Waals surface area (Å²) < 4.78 is 28.5. The molecule has 0 aliphatic rings. The van der Waals surface area contributed by atoms with E-state index in [0.29, 0.717) is 25.1 Å². The van der Waals surface area contributed by atoms with E-state index in [2.05, 4.69) is 4.74 Å². The van der Waals surface area contributed by atoms with Crippen molar-refractivity contribution in [2.45, 2.75) is 26.0 Å². The molecule has 0 atom stereocenters. The smallest absolute Gasteiger partial charge is 0.387 e. The molecular formula is C18H21ClF2N2O2. The first-order chi connectivity index (χ1) is 11.5. The molecule has 0 bridgehead atoms. The molecule has 2 N–H and O–H groups in total. The number of ether oxygens (including phenoxy) is 1. The fourth-order valence-corrected chi connectivity index (χ4v) is 2.33. The maximum absolute atomic E-state index is 12.2. The topological polar surface area (TPSA) is 55.6 Å². The molecule has 2 aromatic carbocycles. The summed E-state index contributed by atoms with van der Waals surface area (Å²) in [6, 6.07) is 13.7. The van der Waals surface area contributed by atoms with E-state index in [4.69, 9.17) is 5.73 Å². The third-order valence-electron chi connectivity index (χ3n) is 3.66. The highest BCUT2D eigenvalue weighted by atomic mass is 35.5. The van der Waals surface area contributed by atoms with Gasteiger partial charge in [0.15, 0.2) is 0 Å². The third kappa shape index (κ3) is 6.58. The number of nitrogens with two attached hydrogens (primary N) is 1. The van der Waals surface area contributed by atoms with Gasteiger partial charge in [0.2, 0.25) is 5.91 Å². The summed E-state index contributed by atoms with van der Waals surface area (Å²) in [5.41, 5.74) is 8.34. The molecule has 2 rings (SSSR count). The van der Waals surface area contributed by atoms with Crippen LogP contribution < -0.4 is 10.5 Å². The Labute approximate surface area is 152 Å². The van der Waals surface area contributed by atoms with Crippen molar-refractivity contribution in [3.8, 4) is 5.75 Å². The summed E-state index contributed by atoms with van der Waals surface area (Å²) in [5, 5.41) is 0. The van der Waals surface area contributed by atoms with Crippen molar-refractivity contribution in [1.29, 1.82) is 0 Å². The maximum atomic E-state index is 12.2. The number of anilines is 1. The quantitative estimate of drug-likeness (QED) is 0.752. The molecule has 0 aliphatic heterocycles. The number of nitrogens with zero attached hydrogens (tertiary/aromatic N) is 1. The largest absolute Gasteiger partial charge is 0.435 e. The van der Waals surface area contributed by atoms with Gasteiger partial charge in [-0.1, -0.05) is 30.3 Å². The van der Waals surface area contributed by atoms with Gasteiger partial charge in [-0.15, -0.1) is 12.4 Å². The van der Waals surface area contributed by atoms with Gasteiger partial charge >= 0.3 is 6.61 Å². The number of carbonyl (C=O) groups excluding carboxylic acids is 1. The van der Waals surface area contributed by atoms with Crippen LogP contribution in [-0.2, 0) is 17.8 Å². The molecule has 0 spiro atoms. The first-order valence-electron chi connectivity index (χ1n) is 7.57. The molecular weight excluding hydrogens is 350 g/mol. The minimum atomic E-state index is -2.84. The number of amides is 1. The van der Waals surface area contributed by atoms with E-state index < -0.39 is 6.61 Å². The summed E-state index contributed by atoms with van der Waals surface area (Å²) in [7, 11) is 1.71. The Kier molecular flexibility index (Phi) is 8.15.